The van der Waals surface area contributed by atoms with Gasteiger partial charge in [-0.3, -0.25) is 0 Å². The number of hydrogen-bond donors (Lipinski definition) is 1. The van der Waals surface area contributed by atoms with E-state index >= 15 is 0 Å². The van der Waals surface area contributed by atoms with Crippen molar-refractivity contribution in [1.82, 2.24) is 14.9 Å². The highest BCUT2D eigenvalue weighted by molar-refractivity contribution is 5.09. The van der Waals surface area contributed by atoms with Crippen molar-refractivity contribution in [2.45, 2.75) is 19.5 Å². The molecule has 1 atom stereocenters. The molecule has 0 saturated carbocycles. The van der Waals surface area contributed by atoms with Gasteiger partial charge in [-0.25, -0.2) is 4.98 Å². The molecule has 1 unspecified atom stereocenters. The highest BCUT2D eigenvalue weighted by Crippen LogP contribution is 2.11. The largest absolute Gasteiger partial charge is 0.472 e. The zero-order valence-electron chi connectivity index (χ0n) is 8.76. The fourth-order valence-electron chi connectivity index (χ4n) is 1.47. The van der Waals surface area contributed by atoms with Crippen LogP contribution in [0, 0.1) is 0 Å². The van der Waals surface area contributed by atoms with E-state index in [9.17, 15) is 0 Å². The number of aromatic nitrogens is 2. The van der Waals surface area contributed by atoms with Gasteiger partial charge < -0.3 is 14.3 Å². The van der Waals surface area contributed by atoms with Crippen LogP contribution in [0.25, 0.3) is 0 Å². The summed E-state index contributed by atoms with van der Waals surface area (Å²) in [6.45, 7) is 3.98. The van der Waals surface area contributed by atoms with Crippen molar-refractivity contribution in [2.24, 2.45) is 0 Å². The Balaban J connectivity index is 1.74. The minimum atomic E-state index is 0.326. The number of nitrogens with one attached hydrogen (secondary N) is 1. The Hall–Kier alpha value is -1.55. The molecule has 0 spiro atoms. The molecule has 0 fully saturated rings. The SMILES string of the molecule is CC(NCCn1ccnc1)c1ccoc1. The molecular weight excluding hydrogens is 190 g/mol. The molecule has 2 aromatic heterocycles. The molecule has 0 aliphatic rings. The first-order valence-electron chi connectivity index (χ1n) is 5.07. The molecule has 0 amide bonds. The van der Waals surface area contributed by atoms with E-state index in [1.54, 1.807) is 18.7 Å². The summed E-state index contributed by atoms with van der Waals surface area (Å²) in [6, 6.07) is 2.31. The Morgan fingerprint density at radius 1 is 1.60 bits per heavy atom. The van der Waals surface area contributed by atoms with Gasteiger partial charge in [-0.2, -0.15) is 0 Å². The average molecular weight is 205 g/mol. The molecule has 1 N–H and O–H groups in total. The van der Waals surface area contributed by atoms with E-state index in [0.29, 0.717) is 6.04 Å². The van der Waals surface area contributed by atoms with Crippen LogP contribution in [-0.4, -0.2) is 16.1 Å². The number of imidazole rings is 1. The van der Waals surface area contributed by atoms with Gasteiger partial charge in [0.05, 0.1) is 18.9 Å². The Morgan fingerprint density at radius 2 is 2.53 bits per heavy atom. The lowest BCUT2D eigenvalue weighted by Gasteiger charge is -2.11. The maximum atomic E-state index is 5.03. The van der Waals surface area contributed by atoms with Gasteiger partial charge in [0.25, 0.3) is 0 Å². The first-order valence-corrected chi connectivity index (χ1v) is 5.07. The van der Waals surface area contributed by atoms with Crippen molar-refractivity contribution in [3.63, 3.8) is 0 Å². The summed E-state index contributed by atoms with van der Waals surface area (Å²) in [5.74, 6) is 0. The van der Waals surface area contributed by atoms with Crippen LogP contribution in [0.4, 0.5) is 0 Å². The first kappa shape index (κ1) is 9.98. The number of furan rings is 1. The van der Waals surface area contributed by atoms with E-state index in [-0.39, 0.29) is 0 Å². The zero-order chi connectivity index (χ0) is 10.5. The molecule has 0 aliphatic heterocycles. The van der Waals surface area contributed by atoms with Gasteiger partial charge in [-0.05, 0) is 13.0 Å². The number of nitrogens with zero attached hydrogens (tertiary/aromatic N) is 2. The van der Waals surface area contributed by atoms with E-state index in [1.165, 1.54) is 5.56 Å². The standard InChI is InChI=1S/C11H15N3O/c1-10(11-2-7-15-8-11)13-4-6-14-5-3-12-9-14/h2-3,5,7-10,13H,4,6H2,1H3. The smallest absolute Gasteiger partial charge is 0.0950 e. The maximum Gasteiger partial charge on any atom is 0.0950 e. The first-order chi connectivity index (χ1) is 7.36. The van der Waals surface area contributed by atoms with Crippen LogP contribution in [0.3, 0.4) is 0 Å². The van der Waals surface area contributed by atoms with Gasteiger partial charge in [0.15, 0.2) is 0 Å². The van der Waals surface area contributed by atoms with Gasteiger partial charge in [0, 0.05) is 37.1 Å². The summed E-state index contributed by atoms with van der Waals surface area (Å²) in [5.41, 5.74) is 1.18. The predicted molar refractivity (Wildman–Crippen MR) is 57.4 cm³/mol. The van der Waals surface area contributed by atoms with Crippen LogP contribution >= 0.6 is 0 Å². The minimum absolute atomic E-state index is 0.326. The zero-order valence-corrected chi connectivity index (χ0v) is 8.76. The Bertz CT molecular complexity index is 366. The topological polar surface area (TPSA) is 43.0 Å². The van der Waals surface area contributed by atoms with E-state index < -0.39 is 0 Å². The Labute approximate surface area is 88.9 Å². The molecule has 0 aliphatic carbocycles. The van der Waals surface area contributed by atoms with Crippen LogP contribution in [0.5, 0.6) is 0 Å². The third-order valence-corrected chi connectivity index (χ3v) is 2.42. The Morgan fingerprint density at radius 3 is 3.20 bits per heavy atom. The van der Waals surface area contributed by atoms with Crippen molar-refractivity contribution in [3.8, 4) is 0 Å². The molecule has 0 aromatic carbocycles. The fraction of sp³-hybridized carbons (Fsp3) is 0.364. The van der Waals surface area contributed by atoms with Crippen LogP contribution in [0.15, 0.2) is 41.7 Å². The Kier molecular flexibility index (Phi) is 3.19. The number of hydrogen-bond acceptors (Lipinski definition) is 3. The third kappa shape index (κ3) is 2.70. The third-order valence-electron chi connectivity index (χ3n) is 2.42. The van der Waals surface area contributed by atoms with Crippen molar-refractivity contribution >= 4 is 0 Å². The average Bonchev–Trinajstić information content (AvgIpc) is 2.90. The lowest BCUT2D eigenvalue weighted by molar-refractivity contribution is 0.517. The fourth-order valence-corrected chi connectivity index (χ4v) is 1.47. The van der Waals surface area contributed by atoms with Crippen LogP contribution in [0.2, 0.25) is 0 Å². The summed E-state index contributed by atoms with van der Waals surface area (Å²) in [4.78, 5) is 3.99. The molecule has 80 valence electrons. The van der Waals surface area contributed by atoms with E-state index in [1.807, 2.05) is 18.6 Å². The summed E-state index contributed by atoms with van der Waals surface area (Å²) in [7, 11) is 0. The molecule has 2 heterocycles. The molecule has 15 heavy (non-hydrogen) atoms. The van der Waals surface area contributed by atoms with Crippen molar-refractivity contribution < 1.29 is 4.42 Å². The maximum absolute atomic E-state index is 5.03. The van der Waals surface area contributed by atoms with E-state index in [4.69, 9.17) is 4.42 Å². The van der Waals surface area contributed by atoms with Crippen LogP contribution in [-0.2, 0) is 6.54 Å². The van der Waals surface area contributed by atoms with Crippen molar-refractivity contribution in [2.75, 3.05) is 6.54 Å². The monoisotopic (exact) mass is 205 g/mol. The van der Waals surface area contributed by atoms with Crippen molar-refractivity contribution in [1.29, 1.82) is 0 Å². The van der Waals surface area contributed by atoms with E-state index in [0.717, 1.165) is 13.1 Å². The second-order valence-electron chi connectivity index (χ2n) is 3.53. The highest BCUT2D eigenvalue weighted by Gasteiger charge is 2.04. The molecule has 0 bridgehead atoms. The van der Waals surface area contributed by atoms with Crippen LogP contribution < -0.4 is 5.32 Å². The molecule has 0 saturated heterocycles. The summed E-state index contributed by atoms with van der Waals surface area (Å²) < 4.78 is 7.08. The van der Waals surface area contributed by atoms with E-state index in [2.05, 4.69) is 21.8 Å². The molecule has 2 aromatic rings. The number of rotatable bonds is 5. The lowest BCUT2D eigenvalue weighted by atomic mass is 10.2. The highest BCUT2D eigenvalue weighted by atomic mass is 16.3. The normalized spacial score (nSPS) is 12.9. The van der Waals surface area contributed by atoms with Gasteiger partial charge in [0.2, 0.25) is 0 Å². The summed E-state index contributed by atoms with van der Waals surface area (Å²) in [6.07, 6.45) is 9.05. The summed E-state index contributed by atoms with van der Waals surface area (Å²) in [5, 5.41) is 3.41. The van der Waals surface area contributed by atoms with Crippen molar-refractivity contribution in [3.05, 3.63) is 42.9 Å². The second kappa shape index (κ2) is 4.79. The molecular formula is C11H15N3O. The minimum Gasteiger partial charge on any atom is -0.472 e. The van der Waals surface area contributed by atoms with Gasteiger partial charge >= 0.3 is 0 Å². The predicted octanol–water partition coefficient (Wildman–Crippen LogP) is 1.83. The molecule has 4 nitrogen and oxygen atoms in total. The summed E-state index contributed by atoms with van der Waals surface area (Å²) >= 11 is 0. The molecule has 0 radical (unpaired) electrons. The van der Waals surface area contributed by atoms with Gasteiger partial charge in [0.1, 0.15) is 0 Å². The second-order valence-corrected chi connectivity index (χ2v) is 3.53. The van der Waals surface area contributed by atoms with Gasteiger partial charge in [-0.1, -0.05) is 0 Å². The quantitative estimate of drug-likeness (QED) is 0.809. The molecule has 4 heteroatoms. The lowest BCUT2D eigenvalue weighted by Crippen LogP contribution is -2.22. The molecule has 2 rings (SSSR count). The van der Waals surface area contributed by atoms with Crippen LogP contribution in [0.1, 0.15) is 18.5 Å². The van der Waals surface area contributed by atoms with Gasteiger partial charge in [-0.15, -0.1) is 0 Å².